The van der Waals surface area contributed by atoms with E-state index in [1.165, 1.54) is 0 Å². The van der Waals surface area contributed by atoms with Crippen LogP contribution >= 0.6 is 0 Å². The van der Waals surface area contributed by atoms with Crippen LogP contribution in [0.25, 0.3) is 0 Å². The van der Waals surface area contributed by atoms with Crippen LogP contribution in [0.1, 0.15) is 30.6 Å². The van der Waals surface area contributed by atoms with Gasteiger partial charge in [-0.05, 0) is 25.5 Å². The molecule has 1 aromatic carbocycles. The number of aromatic nitrogens is 2. The number of morpholine rings is 1. The van der Waals surface area contributed by atoms with E-state index in [0.29, 0.717) is 11.5 Å². The largest absolute Gasteiger partial charge is 0.378 e. The smallest absolute Gasteiger partial charge is 0.254 e. The van der Waals surface area contributed by atoms with Crippen LogP contribution in [0.3, 0.4) is 0 Å². The lowest BCUT2D eigenvalue weighted by Gasteiger charge is -2.30. The van der Waals surface area contributed by atoms with E-state index in [0.717, 1.165) is 44.1 Å². The lowest BCUT2D eigenvalue weighted by molar-refractivity contribution is 0.0938. The SMILES string of the molecule is CCC(C)NC(=O)c1cnc(Nc2ccccc2N2CCOCC2)nc1. The van der Waals surface area contributed by atoms with E-state index in [-0.39, 0.29) is 11.9 Å². The molecule has 1 atom stereocenters. The van der Waals surface area contributed by atoms with Crippen LogP contribution in [0.5, 0.6) is 0 Å². The third-order valence-electron chi connectivity index (χ3n) is 4.41. The Labute approximate surface area is 153 Å². The first-order valence-corrected chi connectivity index (χ1v) is 8.99. The van der Waals surface area contributed by atoms with Gasteiger partial charge in [0.2, 0.25) is 5.95 Å². The maximum Gasteiger partial charge on any atom is 0.254 e. The van der Waals surface area contributed by atoms with Crippen molar-refractivity contribution in [1.29, 1.82) is 0 Å². The van der Waals surface area contributed by atoms with Gasteiger partial charge in [-0.3, -0.25) is 4.79 Å². The highest BCUT2D eigenvalue weighted by Crippen LogP contribution is 2.28. The number of carbonyl (C=O) groups excluding carboxylic acids is 1. The van der Waals surface area contributed by atoms with Gasteiger partial charge in [0.25, 0.3) is 5.91 Å². The van der Waals surface area contributed by atoms with Crippen LogP contribution in [-0.2, 0) is 4.74 Å². The Morgan fingerprint density at radius 2 is 1.92 bits per heavy atom. The second-order valence-corrected chi connectivity index (χ2v) is 6.32. The van der Waals surface area contributed by atoms with Crippen LogP contribution in [0.15, 0.2) is 36.7 Å². The predicted octanol–water partition coefficient (Wildman–Crippen LogP) is 2.59. The van der Waals surface area contributed by atoms with Crippen LogP contribution in [0.4, 0.5) is 17.3 Å². The quantitative estimate of drug-likeness (QED) is 0.829. The van der Waals surface area contributed by atoms with Gasteiger partial charge in [-0.2, -0.15) is 0 Å². The van der Waals surface area contributed by atoms with Crippen LogP contribution in [0, 0.1) is 0 Å². The minimum Gasteiger partial charge on any atom is -0.378 e. The fraction of sp³-hybridized carbons (Fsp3) is 0.421. The molecule has 1 aromatic heterocycles. The lowest BCUT2D eigenvalue weighted by atomic mass is 10.2. The van der Waals surface area contributed by atoms with Gasteiger partial charge in [0.15, 0.2) is 0 Å². The van der Waals surface area contributed by atoms with E-state index in [1.54, 1.807) is 12.4 Å². The molecule has 7 heteroatoms. The van der Waals surface area contributed by atoms with E-state index < -0.39 is 0 Å². The average Bonchev–Trinajstić information content (AvgIpc) is 2.69. The summed E-state index contributed by atoms with van der Waals surface area (Å²) < 4.78 is 5.43. The minimum absolute atomic E-state index is 0.126. The van der Waals surface area contributed by atoms with E-state index in [4.69, 9.17) is 4.74 Å². The summed E-state index contributed by atoms with van der Waals surface area (Å²) in [5.74, 6) is 0.311. The molecule has 1 amide bonds. The zero-order chi connectivity index (χ0) is 18.4. The maximum absolute atomic E-state index is 12.1. The van der Waals surface area contributed by atoms with Crippen molar-refractivity contribution < 1.29 is 9.53 Å². The highest BCUT2D eigenvalue weighted by molar-refractivity contribution is 5.93. The molecule has 7 nitrogen and oxygen atoms in total. The highest BCUT2D eigenvalue weighted by Gasteiger charge is 2.15. The second-order valence-electron chi connectivity index (χ2n) is 6.32. The molecule has 3 rings (SSSR count). The number of benzene rings is 1. The van der Waals surface area contributed by atoms with Gasteiger partial charge < -0.3 is 20.3 Å². The first-order chi connectivity index (χ1) is 12.7. The number of ether oxygens (including phenoxy) is 1. The molecule has 0 saturated carbocycles. The molecule has 0 radical (unpaired) electrons. The van der Waals surface area contributed by atoms with Crippen molar-refractivity contribution in [1.82, 2.24) is 15.3 Å². The van der Waals surface area contributed by atoms with Crippen LogP contribution < -0.4 is 15.5 Å². The van der Waals surface area contributed by atoms with Crippen molar-refractivity contribution in [2.45, 2.75) is 26.3 Å². The van der Waals surface area contributed by atoms with Gasteiger partial charge in [-0.25, -0.2) is 9.97 Å². The molecule has 2 N–H and O–H groups in total. The number of carbonyl (C=O) groups is 1. The van der Waals surface area contributed by atoms with Gasteiger partial charge >= 0.3 is 0 Å². The molecule has 1 aliphatic rings. The summed E-state index contributed by atoms with van der Waals surface area (Å²) in [7, 11) is 0. The third kappa shape index (κ3) is 4.49. The van der Waals surface area contributed by atoms with Crippen molar-refractivity contribution >= 4 is 23.2 Å². The Morgan fingerprint density at radius 3 is 2.62 bits per heavy atom. The summed E-state index contributed by atoms with van der Waals surface area (Å²) in [4.78, 5) is 23.0. The number of rotatable bonds is 6. The number of hydrogen-bond donors (Lipinski definition) is 2. The minimum atomic E-state index is -0.153. The molecule has 1 fully saturated rings. The number of nitrogens with one attached hydrogen (secondary N) is 2. The summed E-state index contributed by atoms with van der Waals surface area (Å²) >= 11 is 0. The maximum atomic E-state index is 12.1. The standard InChI is InChI=1S/C19H25N5O2/c1-3-14(2)22-18(25)15-12-20-19(21-13-15)23-16-6-4-5-7-17(16)24-8-10-26-11-9-24/h4-7,12-14H,3,8-11H2,1-2H3,(H,22,25)(H,20,21,23). The van der Waals surface area contributed by atoms with E-state index in [9.17, 15) is 4.79 Å². The number of anilines is 3. The highest BCUT2D eigenvalue weighted by atomic mass is 16.5. The number of hydrogen-bond acceptors (Lipinski definition) is 6. The van der Waals surface area contributed by atoms with Crippen LogP contribution in [0.2, 0.25) is 0 Å². The normalized spacial score (nSPS) is 15.4. The van der Waals surface area contributed by atoms with Crippen LogP contribution in [-0.4, -0.2) is 48.2 Å². The summed E-state index contributed by atoms with van der Waals surface area (Å²) in [6.07, 6.45) is 3.97. The number of nitrogens with zero attached hydrogens (tertiary/aromatic N) is 3. The lowest BCUT2D eigenvalue weighted by Crippen LogP contribution is -2.36. The summed E-state index contributed by atoms with van der Waals surface area (Å²) in [5, 5.41) is 6.16. The van der Waals surface area contributed by atoms with Crippen molar-refractivity contribution in [3.63, 3.8) is 0 Å². The molecule has 26 heavy (non-hydrogen) atoms. The Balaban J connectivity index is 1.70. The summed E-state index contributed by atoms with van der Waals surface area (Å²) in [6.45, 7) is 7.16. The van der Waals surface area contributed by atoms with Crippen molar-refractivity contribution in [2.75, 3.05) is 36.5 Å². The molecule has 138 valence electrons. The fourth-order valence-corrected chi connectivity index (χ4v) is 2.70. The topological polar surface area (TPSA) is 79.4 Å². The molecule has 0 aliphatic carbocycles. The molecule has 1 unspecified atom stereocenters. The van der Waals surface area contributed by atoms with Crippen molar-refractivity contribution in [3.8, 4) is 0 Å². The molecule has 2 heterocycles. The second kappa shape index (κ2) is 8.62. The van der Waals surface area contributed by atoms with Gasteiger partial charge in [0, 0.05) is 31.5 Å². The molecule has 2 aromatic rings. The van der Waals surface area contributed by atoms with Gasteiger partial charge in [0.05, 0.1) is 30.2 Å². The monoisotopic (exact) mass is 355 g/mol. The number of para-hydroxylation sites is 2. The van der Waals surface area contributed by atoms with E-state index in [1.807, 2.05) is 32.0 Å². The Bertz CT molecular complexity index is 729. The summed E-state index contributed by atoms with van der Waals surface area (Å²) in [5.41, 5.74) is 2.49. The first-order valence-electron chi connectivity index (χ1n) is 8.99. The van der Waals surface area contributed by atoms with Crippen molar-refractivity contribution in [3.05, 3.63) is 42.2 Å². The Morgan fingerprint density at radius 1 is 1.23 bits per heavy atom. The van der Waals surface area contributed by atoms with Crippen molar-refractivity contribution in [2.24, 2.45) is 0 Å². The predicted molar refractivity (Wildman–Crippen MR) is 102 cm³/mol. The van der Waals surface area contributed by atoms with Gasteiger partial charge in [0.1, 0.15) is 0 Å². The molecular weight excluding hydrogens is 330 g/mol. The van der Waals surface area contributed by atoms with E-state index >= 15 is 0 Å². The van der Waals surface area contributed by atoms with Gasteiger partial charge in [-0.15, -0.1) is 0 Å². The van der Waals surface area contributed by atoms with E-state index in [2.05, 4.69) is 31.6 Å². The molecule has 0 spiro atoms. The Kier molecular flexibility index (Phi) is 6.01. The van der Waals surface area contributed by atoms with Gasteiger partial charge in [-0.1, -0.05) is 19.1 Å². The molecule has 0 bridgehead atoms. The zero-order valence-electron chi connectivity index (χ0n) is 15.2. The molecule has 1 aliphatic heterocycles. The fourth-order valence-electron chi connectivity index (χ4n) is 2.70. The zero-order valence-corrected chi connectivity index (χ0v) is 15.2. The molecule has 1 saturated heterocycles. The molecular formula is C19H25N5O2. The first kappa shape index (κ1) is 18.1. The third-order valence-corrected chi connectivity index (χ3v) is 4.41. The summed E-state index contributed by atoms with van der Waals surface area (Å²) in [6, 6.07) is 8.18. The Hall–Kier alpha value is -2.67. The number of amides is 1. The average molecular weight is 355 g/mol.